The molecule has 0 atom stereocenters. The zero-order chi connectivity index (χ0) is 9.54. The third-order valence-corrected chi connectivity index (χ3v) is 2.48. The van der Waals surface area contributed by atoms with Gasteiger partial charge < -0.3 is 4.98 Å². The minimum atomic E-state index is 1.03. The Morgan fingerprint density at radius 1 is 1.21 bits per heavy atom. The number of H-pyrrole nitrogens is 1. The molecule has 0 unspecified atom stereocenters. The third kappa shape index (κ3) is 0.865. The highest BCUT2D eigenvalue weighted by Crippen LogP contribution is 2.18. The van der Waals surface area contributed by atoms with Gasteiger partial charge in [-0.25, -0.2) is 4.98 Å². The van der Waals surface area contributed by atoms with Crippen molar-refractivity contribution in [2.24, 2.45) is 7.05 Å². The molecule has 0 aliphatic carbocycles. The van der Waals surface area contributed by atoms with Crippen LogP contribution >= 0.6 is 0 Å². The van der Waals surface area contributed by atoms with Gasteiger partial charge in [0.25, 0.3) is 5.52 Å². The van der Waals surface area contributed by atoms with Gasteiger partial charge in [0.15, 0.2) is 11.7 Å². The summed E-state index contributed by atoms with van der Waals surface area (Å²) in [7, 11) is 2.03. The van der Waals surface area contributed by atoms with Crippen LogP contribution < -0.4 is 4.57 Å². The normalized spacial score (nSPS) is 11.2. The Morgan fingerprint density at radius 2 is 2.07 bits per heavy atom. The highest BCUT2D eigenvalue weighted by Gasteiger charge is 2.12. The summed E-state index contributed by atoms with van der Waals surface area (Å²) < 4.78 is 2.08. The molecule has 68 valence electrons. The van der Waals surface area contributed by atoms with Gasteiger partial charge in [0.1, 0.15) is 12.6 Å². The number of aromatic amines is 1. The van der Waals surface area contributed by atoms with Gasteiger partial charge in [-0.3, -0.25) is 0 Å². The maximum atomic E-state index is 4.38. The summed E-state index contributed by atoms with van der Waals surface area (Å²) in [5.41, 5.74) is 4.40. The van der Waals surface area contributed by atoms with E-state index in [0.29, 0.717) is 0 Å². The summed E-state index contributed by atoms with van der Waals surface area (Å²) in [6.07, 6.45) is 3.85. The van der Waals surface area contributed by atoms with Gasteiger partial charge in [-0.05, 0) is 18.2 Å². The summed E-state index contributed by atoms with van der Waals surface area (Å²) in [6.45, 7) is 0. The second-order valence-corrected chi connectivity index (χ2v) is 3.41. The SMILES string of the molecule is C[n+]1cccc2[nH]c3cccnc3c21. The lowest BCUT2D eigenvalue weighted by molar-refractivity contribution is -0.644. The van der Waals surface area contributed by atoms with E-state index in [9.17, 15) is 0 Å². The molecule has 0 fully saturated rings. The molecule has 14 heavy (non-hydrogen) atoms. The molecule has 3 rings (SSSR count). The number of nitrogens with zero attached hydrogens (tertiary/aromatic N) is 2. The van der Waals surface area contributed by atoms with E-state index < -0.39 is 0 Å². The van der Waals surface area contributed by atoms with Gasteiger partial charge in [0.2, 0.25) is 0 Å². The quantitative estimate of drug-likeness (QED) is 0.528. The van der Waals surface area contributed by atoms with Gasteiger partial charge in [-0.2, -0.15) is 4.57 Å². The molecule has 0 amide bonds. The lowest BCUT2D eigenvalue weighted by atomic mass is 10.3. The van der Waals surface area contributed by atoms with E-state index in [-0.39, 0.29) is 0 Å². The monoisotopic (exact) mass is 184 g/mol. The van der Waals surface area contributed by atoms with E-state index in [4.69, 9.17) is 0 Å². The van der Waals surface area contributed by atoms with Crippen molar-refractivity contribution in [3.05, 3.63) is 36.7 Å². The van der Waals surface area contributed by atoms with Crippen LogP contribution in [0.1, 0.15) is 0 Å². The molecule has 0 aromatic carbocycles. The van der Waals surface area contributed by atoms with Crippen LogP contribution in [0.4, 0.5) is 0 Å². The van der Waals surface area contributed by atoms with E-state index in [1.165, 1.54) is 0 Å². The van der Waals surface area contributed by atoms with Crippen LogP contribution in [-0.4, -0.2) is 9.97 Å². The molecule has 3 aromatic rings. The molecular formula is C11H10N3+. The predicted octanol–water partition coefficient (Wildman–Crippen LogP) is 1.54. The lowest BCUT2D eigenvalue weighted by Crippen LogP contribution is -2.27. The molecule has 0 saturated carbocycles. The van der Waals surface area contributed by atoms with Gasteiger partial charge in [0.05, 0.1) is 5.52 Å². The summed E-state index contributed by atoms with van der Waals surface area (Å²) in [5.74, 6) is 0. The molecule has 3 nitrogen and oxygen atoms in total. The van der Waals surface area contributed by atoms with Crippen LogP contribution in [0.25, 0.3) is 22.1 Å². The second-order valence-electron chi connectivity index (χ2n) is 3.41. The largest absolute Gasteiger partial charge is 0.348 e. The minimum Gasteiger partial charge on any atom is -0.348 e. The highest BCUT2D eigenvalue weighted by atomic mass is 15.0. The first kappa shape index (κ1) is 7.50. The van der Waals surface area contributed by atoms with Crippen LogP contribution in [-0.2, 0) is 7.05 Å². The maximum Gasteiger partial charge on any atom is 0.256 e. The van der Waals surface area contributed by atoms with E-state index in [0.717, 1.165) is 22.1 Å². The van der Waals surface area contributed by atoms with Crippen molar-refractivity contribution in [2.75, 3.05) is 0 Å². The number of hydrogen-bond acceptors (Lipinski definition) is 1. The molecule has 1 N–H and O–H groups in total. The fourth-order valence-corrected chi connectivity index (χ4v) is 1.85. The average molecular weight is 184 g/mol. The zero-order valence-corrected chi connectivity index (χ0v) is 7.86. The Hall–Kier alpha value is -1.90. The summed E-state index contributed by atoms with van der Waals surface area (Å²) in [5, 5.41) is 0. The second kappa shape index (κ2) is 2.54. The highest BCUT2D eigenvalue weighted by molar-refractivity contribution is 5.99. The van der Waals surface area contributed by atoms with E-state index in [2.05, 4.69) is 20.6 Å². The number of aryl methyl sites for hydroxylation is 1. The summed E-state index contributed by atoms with van der Waals surface area (Å²) in [6, 6.07) is 8.08. The van der Waals surface area contributed by atoms with Crippen molar-refractivity contribution < 1.29 is 4.57 Å². The van der Waals surface area contributed by atoms with Gasteiger partial charge in [0, 0.05) is 12.3 Å². The van der Waals surface area contributed by atoms with Crippen LogP contribution in [0.2, 0.25) is 0 Å². The summed E-state index contributed by atoms with van der Waals surface area (Å²) in [4.78, 5) is 7.71. The smallest absolute Gasteiger partial charge is 0.256 e. The van der Waals surface area contributed by atoms with Crippen LogP contribution in [0.15, 0.2) is 36.7 Å². The first-order chi connectivity index (χ1) is 6.86. The molecule has 3 aromatic heterocycles. The maximum absolute atomic E-state index is 4.38. The molecule has 3 heteroatoms. The first-order valence-electron chi connectivity index (χ1n) is 4.57. The fourth-order valence-electron chi connectivity index (χ4n) is 1.85. The minimum absolute atomic E-state index is 1.03. The van der Waals surface area contributed by atoms with Crippen LogP contribution in [0.5, 0.6) is 0 Å². The number of fused-ring (bicyclic) bond motifs is 3. The Morgan fingerprint density at radius 3 is 3.00 bits per heavy atom. The topological polar surface area (TPSA) is 32.6 Å². The molecule has 0 saturated heterocycles. The van der Waals surface area contributed by atoms with E-state index in [1.807, 2.05) is 37.6 Å². The lowest BCUT2D eigenvalue weighted by Gasteiger charge is -1.88. The zero-order valence-electron chi connectivity index (χ0n) is 7.86. The number of nitrogens with one attached hydrogen (secondary N) is 1. The van der Waals surface area contributed by atoms with Crippen LogP contribution in [0, 0.1) is 0 Å². The van der Waals surface area contributed by atoms with Crippen molar-refractivity contribution in [2.45, 2.75) is 0 Å². The van der Waals surface area contributed by atoms with E-state index >= 15 is 0 Å². The molecule has 0 aliphatic heterocycles. The number of aromatic nitrogens is 3. The van der Waals surface area contributed by atoms with E-state index in [1.54, 1.807) is 0 Å². The van der Waals surface area contributed by atoms with Crippen molar-refractivity contribution in [1.29, 1.82) is 0 Å². The number of rotatable bonds is 0. The molecule has 3 heterocycles. The molecule has 0 bridgehead atoms. The average Bonchev–Trinajstić information content (AvgIpc) is 2.57. The molecule has 0 radical (unpaired) electrons. The van der Waals surface area contributed by atoms with Crippen molar-refractivity contribution >= 4 is 22.1 Å². The Kier molecular flexibility index (Phi) is 1.36. The molecule has 0 spiro atoms. The van der Waals surface area contributed by atoms with Crippen LogP contribution in [0.3, 0.4) is 0 Å². The van der Waals surface area contributed by atoms with Crippen molar-refractivity contribution in [3.8, 4) is 0 Å². The first-order valence-corrected chi connectivity index (χ1v) is 4.57. The Bertz CT molecular complexity index is 610. The fraction of sp³-hybridized carbons (Fsp3) is 0.0909. The van der Waals surface area contributed by atoms with Gasteiger partial charge >= 0.3 is 0 Å². The Labute approximate surface area is 81.0 Å². The molecule has 0 aliphatic rings. The van der Waals surface area contributed by atoms with Gasteiger partial charge in [-0.15, -0.1) is 0 Å². The third-order valence-electron chi connectivity index (χ3n) is 2.48. The molecular weight excluding hydrogens is 174 g/mol. The van der Waals surface area contributed by atoms with Gasteiger partial charge in [-0.1, -0.05) is 0 Å². The standard InChI is InChI=1S/C11H9N3/c1-14-7-3-5-9-11(14)10-8(13-9)4-2-6-12-10/h2-7H,1H3/p+1. The number of hydrogen-bond donors (Lipinski definition) is 1. The Balaban J connectivity index is 2.65. The number of pyridine rings is 2. The predicted molar refractivity (Wildman–Crippen MR) is 54.8 cm³/mol. The van der Waals surface area contributed by atoms with Crippen molar-refractivity contribution in [1.82, 2.24) is 9.97 Å². The van der Waals surface area contributed by atoms with Crippen molar-refractivity contribution in [3.63, 3.8) is 0 Å². The summed E-state index contributed by atoms with van der Waals surface area (Å²) >= 11 is 0.